The van der Waals surface area contributed by atoms with Gasteiger partial charge in [-0.25, -0.2) is 0 Å². The van der Waals surface area contributed by atoms with Gasteiger partial charge in [0.1, 0.15) is 5.78 Å². The highest BCUT2D eigenvalue weighted by Gasteiger charge is 2.31. The van der Waals surface area contributed by atoms with Crippen molar-refractivity contribution in [2.45, 2.75) is 38.2 Å². The van der Waals surface area contributed by atoms with Crippen LogP contribution >= 0.6 is 0 Å². The van der Waals surface area contributed by atoms with E-state index in [0.717, 1.165) is 31.2 Å². The highest BCUT2D eigenvalue weighted by Crippen LogP contribution is 2.28. The average Bonchev–Trinajstić information content (AvgIpc) is 2.46. The molecule has 1 aromatic carbocycles. The molecule has 1 aliphatic carbocycles. The van der Waals surface area contributed by atoms with Gasteiger partial charge in [-0.2, -0.15) is 0 Å². The molecule has 1 saturated carbocycles. The predicted octanol–water partition coefficient (Wildman–Crippen LogP) is 2.37. The zero-order chi connectivity index (χ0) is 13.5. The lowest BCUT2D eigenvalue weighted by molar-refractivity contribution is -0.130. The lowest BCUT2D eigenvalue weighted by Crippen LogP contribution is -2.35. The Morgan fingerprint density at radius 3 is 2.68 bits per heavy atom. The smallest absolute Gasteiger partial charge is 0.142 e. The second-order valence-corrected chi connectivity index (χ2v) is 5.15. The van der Waals surface area contributed by atoms with E-state index in [9.17, 15) is 4.79 Å². The van der Waals surface area contributed by atoms with Gasteiger partial charge in [0.25, 0.3) is 0 Å². The Hall–Kier alpha value is -1.19. The van der Waals surface area contributed by atoms with E-state index >= 15 is 0 Å². The molecule has 0 spiro atoms. The summed E-state index contributed by atoms with van der Waals surface area (Å²) in [5, 5.41) is 8.85. The zero-order valence-corrected chi connectivity index (χ0v) is 11.3. The number of benzene rings is 1. The van der Waals surface area contributed by atoms with E-state index in [2.05, 4.69) is 0 Å². The second kappa shape index (κ2) is 7.41. The first-order valence-electron chi connectivity index (χ1n) is 7.10. The summed E-state index contributed by atoms with van der Waals surface area (Å²) in [6.07, 6.45) is 4.56. The second-order valence-electron chi connectivity index (χ2n) is 5.15. The summed E-state index contributed by atoms with van der Waals surface area (Å²) in [4.78, 5) is 12.4. The predicted molar refractivity (Wildman–Crippen MR) is 73.9 cm³/mol. The highest BCUT2D eigenvalue weighted by molar-refractivity contribution is 5.83. The van der Waals surface area contributed by atoms with Gasteiger partial charge in [0.15, 0.2) is 0 Å². The summed E-state index contributed by atoms with van der Waals surface area (Å²) >= 11 is 0. The fraction of sp³-hybridized carbons (Fsp3) is 0.562. The van der Waals surface area contributed by atoms with Gasteiger partial charge in [-0.15, -0.1) is 0 Å². The van der Waals surface area contributed by atoms with Crippen LogP contribution in [-0.2, 0) is 16.0 Å². The van der Waals surface area contributed by atoms with Gasteiger partial charge >= 0.3 is 0 Å². The normalized spacial score (nSPS) is 23.2. The fourth-order valence-corrected chi connectivity index (χ4v) is 2.80. The molecule has 0 radical (unpaired) electrons. The molecule has 3 heteroatoms. The van der Waals surface area contributed by atoms with Gasteiger partial charge in [0.05, 0.1) is 19.3 Å². The maximum absolute atomic E-state index is 12.4. The maximum Gasteiger partial charge on any atom is 0.142 e. The maximum atomic E-state index is 12.4. The SMILES string of the molecule is O=C(Cc1ccccc1)[C@H]1CCCC[C@@H]1OCCO. The van der Waals surface area contributed by atoms with Crippen molar-refractivity contribution in [2.24, 2.45) is 5.92 Å². The molecule has 2 rings (SSSR count). The number of hydrogen-bond donors (Lipinski definition) is 1. The van der Waals surface area contributed by atoms with Crippen LogP contribution < -0.4 is 0 Å². The highest BCUT2D eigenvalue weighted by atomic mass is 16.5. The minimum atomic E-state index is -0.00267. The van der Waals surface area contributed by atoms with Crippen LogP contribution in [-0.4, -0.2) is 30.2 Å². The van der Waals surface area contributed by atoms with Crippen molar-refractivity contribution in [1.82, 2.24) is 0 Å². The van der Waals surface area contributed by atoms with Gasteiger partial charge in [-0.1, -0.05) is 43.2 Å². The van der Waals surface area contributed by atoms with Crippen molar-refractivity contribution in [3.05, 3.63) is 35.9 Å². The Morgan fingerprint density at radius 2 is 1.95 bits per heavy atom. The fourth-order valence-electron chi connectivity index (χ4n) is 2.80. The first-order chi connectivity index (χ1) is 9.31. The van der Waals surface area contributed by atoms with Crippen LogP contribution in [0, 0.1) is 5.92 Å². The summed E-state index contributed by atoms with van der Waals surface area (Å²) < 4.78 is 5.63. The standard InChI is InChI=1S/C16H22O3/c17-10-11-19-16-9-5-4-8-14(16)15(18)12-13-6-2-1-3-7-13/h1-3,6-7,14,16-17H,4-5,8-12H2/t14-,16+/m1/s1. The molecular formula is C16H22O3. The number of aliphatic hydroxyl groups is 1. The molecule has 3 nitrogen and oxygen atoms in total. The molecule has 0 amide bonds. The van der Waals surface area contributed by atoms with Gasteiger partial charge in [0.2, 0.25) is 0 Å². The van der Waals surface area contributed by atoms with E-state index < -0.39 is 0 Å². The molecule has 1 aliphatic rings. The van der Waals surface area contributed by atoms with Crippen LogP contribution in [0.1, 0.15) is 31.2 Å². The van der Waals surface area contributed by atoms with Crippen molar-refractivity contribution in [3.63, 3.8) is 0 Å². The number of ketones is 1. The van der Waals surface area contributed by atoms with E-state index in [4.69, 9.17) is 9.84 Å². The van der Waals surface area contributed by atoms with Crippen LogP contribution in [0.4, 0.5) is 0 Å². The first-order valence-corrected chi connectivity index (χ1v) is 7.10. The minimum Gasteiger partial charge on any atom is -0.394 e. The summed E-state index contributed by atoms with van der Waals surface area (Å²) in [6, 6.07) is 9.86. The zero-order valence-electron chi connectivity index (χ0n) is 11.3. The lowest BCUT2D eigenvalue weighted by Gasteiger charge is -2.30. The Morgan fingerprint density at radius 1 is 1.21 bits per heavy atom. The Balaban J connectivity index is 1.95. The van der Waals surface area contributed by atoms with Crippen molar-refractivity contribution < 1.29 is 14.6 Å². The molecule has 2 atom stereocenters. The Bertz CT molecular complexity index is 388. The molecule has 0 heterocycles. The summed E-state index contributed by atoms with van der Waals surface area (Å²) in [7, 11) is 0. The molecule has 0 aliphatic heterocycles. The molecule has 0 saturated heterocycles. The van der Waals surface area contributed by atoms with E-state index in [1.54, 1.807) is 0 Å². The molecule has 0 unspecified atom stereocenters. The number of carbonyl (C=O) groups excluding carboxylic acids is 1. The number of ether oxygens (including phenoxy) is 1. The van der Waals surface area contributed by atoms with Crippen molar-refractivity contribution >= 4 is 5.78 Å². The van der Waals surface area contributed by atoms with Crippen molar-refractivity contribution in [1.29, 1.82) is 0 Å². The number of carbonyl (C=O) groups is 1. The number of hydrogen-bond acceptors (Lipinski definition) is 3. The van der Waals surface area contributed by atoms with Crippen LogP contribution in [0.3, 0.4) is 0 Å². The Labute approximate surface area is 114 Å². The van der Waals surface area contributed by atoms with Crippen LogP contribution in [0.25, 0.3) is 0 Å². The summed E-state index contributed by atoms with van der Waals surface area (Å²) in [6.45, 7) is 0.357. The monoisotopic (exact) mass is 262 g/mol. The topological polar surface area (TPSA) is 46.5 Å². The van der Waals surface area contributed by atoms with Gasteiger partial charge in [-0.05, 0) is 18.4 Å². The third-order valence-electron chi connectivity index (χ3n) is 3.76. The van der Waals surface area contributed by atoms with E-state index in [-0.39, 0.29) is 24.4 Å². The van der Waals surface area contributed by atoms with Crippen molar-refractivity contribution in [2.75, 3.05) is 13.2 Å². The largest absolute Gasteiger partial charge is 0.394 e. The van der Waals surface area contributed by atoms with E-state index in [0.29, 0.717) is 13.0 Å². The number of rotatable bonds is 6. The van der Waals surface area contributed by atoms with Crippen LogP contribution in [0.15, 0.2) is 30.3 Å². The summed E-state index contributed by atoms with van der Waals surface area (Å²) in [5.74, 6) is 0.273. The molecule has 1 fully saturated rings. The van der Waals surface area contributed by atoms with Crippen molar-refractivity contribution in [3.8, 4) is 0 Å². The quantitative estimate of drug-likeness (QED) is 0.856. The number of aliphatic hydroxyl groups excluding tert-OH is 1. The summed E-state index contributed by atoms with van der Waals surface area (Å²) in [5.41, 5.74) is 1.07. The molecule has 1 aromatic rings. The minimum absolute atomic E-state index is 0.000469. The third-order valence-corrected chi connectivity index (χ3v) is 3.76. The van der Waals surface area contributed by atoms with Gasteiger partial charge < -0.3 is 9.84 Å². The van der Waals surface area contributed by atoms with E-state index in [1.807, 2.05) is 30.3 Å². The molecule has 1 N–H and O–H groups in total. The lowest BCUT2D eigenvalue weighted by atomic mass is 9.82. The third kappa shape index (κ3) is 4.15. The molecular weight excluding hydrogens is 240 g/mol. The van der Waals surface area contributed by atoms with Gasteiger partial charge in [0, 0.05) is 12.3 Å². The number of Topliss-reactive ketones (excluding diaryl/α,β-unsaturated/α-hetero) is 1. The van der Waals surface area contributed by atoms with Gasteiger partial charge in [-0.3, -0.25) is 4.79 Å². The molecule has 104 valence electrons. The first kappa shape index (κ1) is 14.2. The van der Waals surface area contributed by atoms with E-state index in [1.165, 1.54) is 0 Å². The molecule has 0 aromatic heterocycles. The average molecular weight is 262 g/mol. The van der Waals surface area contributed by atoms with Crippen LogP contribution in [0.5, 0.6) is 0 Å². The van der Waals surface area contributed by atoms with Crippen LogP contribution in [0.2, 0.25) is 0 Å². The molecule has 19 heavy (non-hydrogen) atoms. The Kier molecular flexibility index (Phi) is 5.55. The molecule has 0 bridgehead atoms.